The van der Waals surface area contributed by atoms with E-state index < -0.39 is 0 Å². The molecule has 1 saturated carbocycles. The van der Waals surface area contributed by atoms with E-state index >= 15 is 0 Å². The van der Waals surface area contributed by atoms with Crippen LogP contribution >= 0.6 is 15.9 Å². The van der Waals surface area contributed by atoms with Crippen molar-refractivity contribution in [3.8, 4) is 5.75 Å². The van der Waals surface area contributed by atoms with Crippen molar-refractivity contribution in [2.45, 2.75) is 38.2 Å². The minimum absolute atomic E-state index is 0.436. The van der Waals surface area contributed by atoms with Crippen LogP contribution in [0.4, 0.5) is 0 Å². The Bertz CT molecular complexity index is 350. The van der Waals surface area contributed by atoms with Gasteiger partial charge in [-0.15, -0.1) is 0 Å². The number of aryl methyl sites for hydroxylation is 1. The van der Waals surface area contributed by atoms with Crippen molar-refractivity contribution < 1.29 is 4.74 Å². The Morgan fingerprint density at radius 1 is 1.38 bits per heavy atom. The smallest absolute Gasteiger partial charge is 0.133 e. The Morgan fingerprint density at radius 2 is 2.19 bits per heavy atom. The van der Waals surface area contributed by atoms with Gasteiger partial charge in [-0.2, -0.15) is 0 Å². The van der Waals surface area contributed by atoms with Crippen molar-refractivity contribution in [3.05, 3.63) is 28.2 Å². The number of hydrogen-bond acceptors (Lipinski definition) is 2. The van der Waals surface area contributed by atoms with Gasteiger partial charge in [-0.3, -0.25) is 0 Å². The highest BCUT2D eigenvalue weighted by molar-refractivity contribution is 9.10. The van der Waals surface area contributed by atoms with Crippen molar-refractivity contribution in [1.82, 2.24) is 0 Å². The summed E-state index contributed by atoms with van der Waals surface area (Å²) in [6.07, 6.45) is 6.21. The number of hydrogen-bond donors (Lipinski definition) is 1. The number of nitrogens with two attached hydrogens (primary N) is 1. The number of halogens is 1. The lowest BCUT2D eigenvalue weighted by molar-refractivity contribution is 0.119. The third kappa shape index (κ3) is 2.98. The van der Waals surface area contributed by atoms with Gasteiger partial charge >= 0.3 is 0 Å². The van der Waals surface area contributed by atoms with E-state index in [1.807, 2.05) is 0 Å². The highest BCUT2D eigenvalue weighted by Gasteiger charge is 2.19. The van der Waals surface area contributed by atoms with Gasteiger partial charge in [0.15, 0.2) is 0 Å². The zero-order chi connectivity index (χ0) is 11.4. The molecule has 2 nitrogen and oxygen atoms in total. The molecule has 0 aromatic heterocycles. The van der Waals surface area contributed by atoms with Gasteiger partial charge in [0.25, 0.3) is 0 Å². The molecule has 1 aromatic rings. The predicted octanol–water partition coefficient (Wildman–Crippen LogP) is 3.27. The summed E-state index contributed by atoms with van der Waals surface area (Å²) in [6.45, 7) is 0.748. The van der Waals surface area contributed by atoms with E-state index in [1.165, 1.54) is 24.8 Å². The lowest BCUT2D eigenvalue weighted by Crippen LogP contribution is -2.24. The third-order valence-corrected chi connectivity index (χ3v) is 3.63. The summed E-state index contributed by atoms with van der Waals surface area (Å²) in [5, 5.41) is 0. The van der Waals surface area contributed by atoms with Gasteiger partial charge in [0.05, 0.1) is 10.6 Å². The number of benzene rings is 1. The third-order valence-electron chi connectivity index (χ3n) is 3.01. The van der Waals surface area contributed by atoms with E-state index in [0.717, 1.165) is 29.6 Å². The molecule has 0 heterocycles. The maximum atomic E-state index is 5.87. The molecule has 3 heteroatoms. The van der Waals surface area contributed by atoms with E-state index in [2.05, 4.69) is 34.1 Å². The van der Waals surface area contributed by atoms with Crippen LogP contribution in [0, 0.1) is 0 Å². The molecule has 0 amide bonds. The van der Waals surface area contributed by atoms with Crippen LogP contribution in [0.2, 0.25) is 0 Å². The summed E-state index contributed by atoms with van der Waals surface area (Å²) in [7, 11) is 0. The van der Waals surface area contributed by atoms with E-state index in [9.17, 15) is 0 Å². The molecule has 1 aliphatic rings. The van der Waals surface area contributed by atoms with E-state index in [0.29, 0.717) is 6.10 Å². The van der Waals surface area contributed by atoms with Crippen LogP contribution in [0.15, 0.2) is 22.7 Å². The van der Waals surface area contributed by atoms with Gasteiger partial charge in [-0.25, -0.2) is 0 Å². The monoisotopic (exact) mass is 283 g/mol. The standard InChI is InChI=1S/C13H18BrNO/c14-12-9-10(3-2-8-15)6-7-13(12)16-11-4-1-5-11/h6-7,9,11H,1-5,8,15H2. The van der Waals surface area contributed by atoms with Crippen LogP contribution in [0.25, 0.3) is 0 Å². The molecule has 0 aliphatic heterocycles. The number of ether oxygens (including phenoxy) is 1. The van der Waals surface area contributed by atoms with Gasteiger partial charge in [-0.05, 0) is 72.3 Å². The van der Waals surface area contributed by atoms with Gasteiger partial charge < -0.3 is 10.5 Å². The first-order valence-electron chi connectivity index (χ1n) is 5.95. The average molecular weight is 284 g/mol. The van der Waals surface area contributed by atoms with Gasteiger partial charge in [0.1, 0.15) is 5.75 Å². The lowest BCUT2D eigenvalue weighted by Gasteiger charge is -2.27. The molecule has 1 aliphatic carbocycles. The Kier molecular flexibility index (Phi) is 4.24. The molecule has 1 fully saturated rings. The Morgan fingerprint density at radius 3 is 2.75 bits per heavy atom. The molecule has 0 saturated heterocycles. The molecule has 16 heavy (non-hydrogen) atoms. The van der Waals surface area contributed by atoms with E-state index in [-0.39, 0.29) is 0 Å². The van der Waals surface area contributed by atoms with Crippen molar-refractivity contribution in [2.24, 2.45) is 5.73 Å². The first-order valence-corrected chi connectivity index (χ1v) is 6.74. The van der Waals surface area contributed by atoms with Crippen LogP contribution in [0.3, 0.4) is 0 Å². The maximum absolute atomic E-state index is 5.87. The maximum Gasteiger partial charge on any atom is 0.133 e. The molecule has 0 radical (unpaired) electrons. The minimum Gasteiger partial charge on any atom is -0.489 e. The average Bonchev–Trinajstić information content (AvgIpc) is 2.22. The summed E-state index contributed by atoms with van der Waals surface area (Å²) in [6, 6.07) is 6.34. The first-order chi connectivity index (χ1) is 7.79. The topological polar surface area (TPSA) is 35.2 Å². The SMILES string of the molecule is NCCCc1ccc(OC2CCC2)c(Br)c1. The number of rotatable bonds is 5. The van der Waals surface area contributed by atoms with Crippen LogP contribution < -0.4 is 10.5 Å². The molecule has 2 rings (SSSR count). The van der Waals surface area contributed by atoms with Gasteiger partial charge in [0, 0.05) is 0 Å². The Balaban J connectivity index is 1.97. The fraction of sp³-hybridized carbons (Fsp3) is 0.538. The van der Waals surface area contributed by atoms with E-state index in [4.69, 9.17) is 10.5 Å². The lowest BCUT2D eigenvalue weighted by atomic mass is 9.96. The second-order valence-corrected chi connectivity index (χ2v) is 5.18. The predicted molar refractivity (Wildman–Crippen MR) is 69.8 cm³/mol. The molecule has 1 aromatic carbocycles. The molecular formula is C13H18BrNO. The summed E-state index contributed by atoms with van der Waals surface area (Å²) < 4.78 is 6.93. The first kappa shape index (κ1) is 11.9. The van der Waals surface area contributed by atoms with E-state index in [1.54, 1.807) is 0 Å². The Hall–Kier alpha value is -0.540. The normalized spacial score (nSPS) is 15.9. The van der Waals surface area contributed by atoms with Crippen molar-refractivity contribution in [2.75, 3.05) is 6.54 Å². The quantitative estimate of drug-likeness (QED) is 0.900. The summed E-state index contributed by atoms with van der Waals surface area (Å²) in [4.78, 5) is 0. The molecule has 0 bridgehead atoms. The molecule has 0 spiro atoms. The largest absolute Gasteiger partial charge is 0.489 e. The summed E-state index contributed by atoms with van der Waals surface area (Å²) in [5.41, 5.74) is 6.82. The fourth-order valence-corrected chi connectivity index (χ4v) is 2.29. The van der Waals surface area contributed by atoms with Crippen LogP contribution in [-0.4, -0.2) is 12.6 Å². The fourth-order valence-electron chi connectivity index (χ4n) is 1.77. The second kappa shape index (κ2) is 5.69. The highest BCUT2D eigenvalue weighted by Crippen LogP contribution is 2.31. The molecule has 0 unspecified atom stereocenters. The highest BCUT2D eigenvalue weighted by atomic mass is 79.9. The van der Waals surface area contributed by atoms with Crippen LogP contribution in [0.5, 0.6) is 5.75 Å². The Labute approximate surface area is 105 Å². The molecule has 88 valence electrons. The molecule has 2 N–H and O–H groups in total. The van der Waals surface area contributed by atoms with Gasteiger partial charge in [-0.1, -0.05) is 6.07 Å². The van der Waals surface area contributed by atoms with Crippen molar-refractivity contribution >= 4 is 15.9 Å². The molecule has 0 atom stereocenters. The second-order valence-electron chi connectivity index (χ2n) is 4.33. The summed E-state index contributed by atoms with van der Waals surface area (Å²) >= 11 is 3.56. The summed E-state index contributed by atoms with van der Waals surface area (Å²) in [5.74, 6) is 0.973. The van der Waals surface area contributed by atoms with Gasteiger partial charge in [0.2, 0.25) is 0 Å². The van der Waals surface area contributed by atoms with Crippen LogP contribution in [-0.2, 0) is 6.42 Å². The van der Waals surface area contributed by atoms with Crippen molar-refractivity contribution in [1.29, 1.82) is 0 Å². The van der Waals surface area contributed by atoms with Crippen LogP contribution in [0.1, 0.15) is 31.2 Å². The zero-order valence-corrected chi connectivity index (χ0v) is 11.0. The van der Waals surface area contributed by atoms with Crippen molar-refractivity contribution in [3.63, 3.8) is 0 Å². The minimum atomic E-state index is 0.436. The zero-order valence-electron chi connectivity index (χ0n) is 9.42. The molecular weight excluding hydrogens is 266 g/mol.